The standard InChI is InChI=1S/C22H20N2O4S/c1-23-20-15-6-4-3-5-14(15)17-11-13(7-8-16(17)20)12-18-21(26)24(22(29)28-18)10-9-19(25)27-2/h3-8,11-12,20,23H,9-10H2,1-2H3/b18-12+. The maximum Gasteiger partial charge on any atom is 0.307 e. The van der Waals surface area contributed by atoms with E-state index in [2.05, 4.69) is 34.3 Å². The molecule has 0 saturated carbocycles. The Kier molecular flexibility index (Phi) is 5.17. The molecule has 6 nitrogen and oxygen atoms in total. The fraction of sp³-hybridized carbons (Fsp3) is 0.227. The van der Waals surface area contributed by atoms with Crippen molar-refractivity contribution in [2.45, 2.75) is 12.5 Å². The minimum atomic E-state index is -0.408. The maximum atomic E-state index is 12.6. The molecule has 0 spiro atoms. The van der Waals surface area contributed by atoms with E-state index in [1.165, 1.54) is 28.7 Å². The molecule has 1 saturated heterocycles. The molecule has 2 aromatic rings. The Morgan fingerprint density at radius 2 is 2.00 bits per heavy atom. The number of hydrogen-bond acceptors (Lipinski definition) is 6. The van der Waals surface area contributed by atoms with E-state index < -0.39 is 5.97 Å². The molecule has 29 heavy (non-hydrogen) atoms. The maximum absolute atomic E-state index is 12.6. The minimum absolute atomic E-state index is 0.0481. The predicted molar refractivity (Wildman–Crippen MR) is 113 cm³/mol. The van der Waals surface area contributed by atoms with Crippen molar-refractivity contribution in [3.63, 3.8) is 0 Å². The SMILES string of the molecule is CNC1c2ccccc2-c2cc(/C=C3/OC(=S)N(CCC(=O)OC)C3=O)ccc21. The van der Waals surface area contributed by atoms with Crippen LogP contribution in [0.1, 0.15) is 29.2 Å². The molecular formula is C22H20N2O4S. The molecule has 7 heteroatoms. The first-order chi connectivity index (χ1) is 14.0. The monoisotopic (exact) mass is 408 g/mol. The van der Waals surface area contributed by atoms with Crippen LogP contribution in [-0.2, 0) is 19.1 Å². The average molecular weight is 408 g/mol. The zero-order valence-corrected chi connectivity index (χ0v) is 16.9. The van der Waals surface area contributed by atoms with Crippen LogP contribution in [0.15, 0.2) is 48.2 Å². The Labute approximate surface area is 174 Å². The molecule has 0 aromatic heterocycles. The summed E-state index contributed by atoms with van der Waals surface area (Å²) < 4.78 is 10.1. The lowest BCUT2D eigenvalue weighted by Crippen LogP contribution is -2.31. The van der Waals surface area contributed by atoms with Crippen LogP contribution in [0, 0.1) is 0 Å². The van der Waals surface area contributed by atoms with E-state index in [0.29, 0.717) is 0 Å². The van der Waals surface area contributed by atoms with E-state index in [9.17, 15) is 9.59 Å². The number of amides is 1. The van der Waals surface area contributed by atoms with Crippen molar-refractivity contribution in [3.05, 3.63) is 64.9 Å². The second-order valence-electron chi connectivity index (χ2n) is 6.82. The molecule has 1 aliphatic heterocycles. The summed E-state index contributed by atoms with van der Waals surface area (Å²) in [5.41, 5.74) is 5.58. The second-order valence-corrected chi connectivity index (χ2v) is 7.16. The van der Waals surface area contributed by atoms with Gasteiger partial charge in [-0.05, 0) is 59.2 Å². The van der Waals surface area contributed by atoms with Gasteiger partial charge in [0, 0.05) is 6.54 Å². The Balaban J connectivity index is 1.62. The summed E-state index contributed by atoms with van der Waals surface area (Å²) in [7, 11) is 3.25. The van der Waals surface area contributed by atoms with Crippen LogP contribution < -0.4 is 5.32 Å². The lowest BCUT2D eigenvalue weighted by molar-refractivity contribution is -0.140. The zero-order valence-electron chi connectivity index (χ0n) is 16.1. The number of carbonyl (C=O) groups excluding carboxylic acids is 2. The highest BCUT2D eigenvalue weighted by atomic mass is 32.1. The molecule has 1 unspecified atom stereocenters. The second kappa shape index (κ2) is 7.77. The first-order valence-corrected chi connectivity index (χ1v) is 9.67. The number of hydrogen-bond donors (Lipinski definition) is 1. The Morgan fingerprint density at radius 1 is 1.24 bits per heavy atom. The summed E-state index contributed by atoms with van der Waals surface area (Å²) in [5, 5.41) is 3.41. The minimum Gasteiger partial charge on any atom is -0.469 e. The molecule has 1 amide bonds. The van der Waals surface area contributed by atoms with Crippen LogP contribution in [0.25, 0.3) is 17.2 Å². The fourth-order valence-corrected chi connectivity index (χ4v) is 4.03. The van der Waals surface area contributed by atoms with Gasteiger partial charge < -0.3 is 14.8 Å². The van der Waals surface area contributed by atoms with Crippen LogP contribution in [0.2, 0.25) is 0 Å². The highest BCUT2D eigenvalue weighted by Crippen LogP contribution is 2.43. The van der Waals surface area contributed by atoms with Gasteiger partial charge >= 0.3 is 5.97 Å². The smallest absolute Gasteiger partial charge is 0.307 e. The third kappa shape index (κ3) is 3.43. The summed E-state index contributed by atoms with van der Waals surface area (Å²) >= 11 is 5.14. The number of carbonyl (C=O) groups is 2. The van der Waals surface area contributed by atoms with Crippen molar-refractivity contribution in [2.75, 3.05) is 20.7 Å². The summed E-state index contributed by atoms with van der Waals surface area (Å²) in [5.74, 6) is -0.612. The van der Waals surface area contributed by atoms with Crippen molar-refractivity contribution >= 4 is 35.3 Å². The number of nitrogens with one attached hydrogen (secondary N) is 1. The van der Waals surface area contributed by atoms with Crippen molar-refractivity contribution in [2.24, 2.45) is 0 Å². The fourth-order valence-electron chi connectivity index (χ4n) is 3.77. The third-order valence-electron chi connectivity index (χ3n) is 5.18. The van der Waals surface area contributed by atoms with Gasteiger partial charge in [0.2, 0.25) is 0 Å². The largest absolute Gasteiger partial charge is 0.469 e. The van der Waals surface area contributed by atoms with E-state index in [-0.39, 0.29) is 35.8 Å². The first kappa shape index (κ1) is 19.3. The summed E-state index contributed by atoms with van der Waals surface area (Å²) in [4.78, 5) is 25.3. The average Bonchev–Trinajstić information content (AvgIpc) is 3.19. The normalized spacial score (nSPS) is 18.6. The molecular weight excluding hydrogens is 388 g/mol. The van der Waals surface area contributed by atoms with E-state index in [4.69, 9.17) is 17.0 Å². The number of esters is 1. The van der Waals surface area contributed by atoms with Gasteiger partial charge in [-0.2, -0.15) is 0 Å². The van der Waals surface area contributed by atoms with Crippen molar-refractivity contribution in [1.29, 1.82) is 0 Å². The number of methoxy groups -OCH3 is 1. The molecule has 2 aliphatic rings. The van der Waals surface area contributed by atoms with Crippen molar-refractivity contribution in [3.8, 4) is 11.1 Å². The van der Waals surface area contributed by atoms with Gasteiger partial charge in [-0.1, -0.05) is 36.4 Å². The van der Waals surface area contributed by atoms with Crippen LogP contribution >= 0.6 is 12.2 Å². The highest BCUT2D eigenvalue weighted by molar-refractivity contribution is 7.80. The van der Waals surface area contributed by atoms with Gasteiger partial charge in [-0.25, -0.2) is 0 Å². The lowest BCUT2D eigenvalue weighted by atomic mass is 10.0. The topological polar surface area (TPSA) is 67.9 Å². The predicted octanol–water partition coefficient (Wildman–Crippen LogP) is 3.02. The van der Waals surface area contributed by atoms with E-state index in [0.717, 1.165) is 11.1 Å². The molecule has 0 bridgehead atoms. The van der Waals surface area contributed by atoms with Crippen molar-refractivity contribution < 1.29 is 19.1 Å². The van der Waals surface area contributed by atoms with E-state index in [1.807, 2.05) is 25.2 Å². The van der Waals surface area contributed by atoms with Gasteiger partial charge in [-0.15, -0.1) is 0 Å². The summed E-state index contributed by atoms with van der Waals surface area (Å²) in [6.45, 7) is 0.128. The van der Waals surface area contributed by atoms with Crippen LogP contribution in [0.3, 0.4) is 0 Å². The van der Waals surface area contributed by atoms with Crippen LogP contribution in [0.4, 0.5) is 0 Å². The van der Waals surface area contributed by atoms with Gasteiger partial charge in [0.05, 0.1) is 19.6 Å². The quantitative estimate of drug-likeness (QED) is 0.466. The molecule has 0 radical (unpaired) electrons. The number of fused-ring (bicyclic) bond motifs is 3. The van der Waals surface area contributed by atoms with E-state index in [1.54, 1.807) is 6.08 Å². The number of ether oxygens (including phenoxy) is 2. The van der Waals surface area contributed by atoms with Gasteiger partial charge in [0.15, 0.2) is 5.76 Å². The zero-order chi connectivity index (χ0) is 20.5. The lowest BCUT2D eigenvalue weighted by Gasteiger charge is -2.12. The molecule has 1 atom stereocenters. The molecule has 4 rings (SSSR count). The molecule has 2 aromatic carbocycles. The van der Waals surface area contributed by atoms with E-state index >= 15 is 0 Å². The molecule has 1 aliphatic carbocycles. The highest BCUT2D eigenvalue weighted by Gasteiger charge is 2.34. The molecule has 1 heterocycles. The Morgan fingerprint density at radius 3 is 2.76 bits per heavy atom. The first-order valence-electron chi connectivity index (χ1n) is 9.26. The third-order valence-corrected chi connectivity index (χ3v) is 5.48. The molecule has 1 fully saturated rings. The van der Waals surface area contributed by atoms with Gasteiger partial charge in [-0.3, -0.25) is 14.5 Å². The van der Waals surface area contributed by atoms with Gasteiger partial charge in [0.25, 0.3) is 11.1 Å². The van der Waals surface area contributed by atoms with Crippen LogP contribution in [-0.4, -0.2) is 42.7 Å². The molecule has 1 N–H and O–H groups in total. The van der Waals surface area contributed by atoms with Crippen molar-refractivity contribution in [1.82, 2.24) is 10.2 Å². The molecule has 148 valence electrons. The Bertz CT molecular complexity index is 1050. The number of rotatable bonds is 5. The number of thiocarbonyl (C=S) groups is 1. The Hall–Kier alpha value is -3.03. The van der Waals surface area contributed by atoms with Gasteiger partial charge in [0.1, 0.15) is 0 Å². The summed E-state index contributed by atoms with van der Waals surface area (Å²) in [6.07, 6.45) is 1.74. The number of nitrogens with zero attached hydrogens (tertiary/aromatic N) is 1. The van der Waals surface area contributed by atoms with Crippen LogP contribution in [0.5, 0.6) is 0 Å². The summed E-state index contributed by atoms with van der Waals surface area (Å²) in [6, 6.07) is 14.5. The number of benzene rings is 2.